The number of benzene rings is 3. The van der Waals surface area contributed by atoms with Gasteiger partial charge in [0.05, 0.1) is 7.11 Å². The monoisotopic (exact) mass is 362 g/mol. The van der Waals surface area contributed by atoms with Gasteiger partial charge >= 0.3 is 0 Å². The molecule has 0 aliphatic carbocycles. The molecule has 0 amide bonds. The predicted octanol–water partition coefficient (Wildman–Crippen LogP) is 5.75. The van der Waals surface area contributed by atoms with Crippen LogP contribution in [0.15, 0.2) is 76.4 Å². The molecule has 130 valence electrons. The van der Waals surface area contributed by atoms with Gasteiger partial charge in [0.1, 0.15) is 5.75 Å². The topological polar surface area (TPSA) is 48.2 Å². The SMILES string of the molecule is COc1ccc(-c2nnc(SC(C)c3ccc4ccccc4c3)o2)cc1. The number of hydrogen-bond donors (Lipinski definition) is 0. The molecule has 4 rings (SSSR count). The van der Waals surface area contributed by atoms with Crippen LogP contribution >= 0.6 is 11.8 Å². The van der Waals surface area contributed by atoms with E-state index in [1.165, 1.54) is 16.3 Å². The molecule has 0 spiro atoms. The number of fused-ring (bicyclic) bond motifs is 1. The van der Waals surface area contributed by atoms with Gasteiger partial charge in [-0.15, -0.1) is 10.2 Å². The maximum absolute atomic E-state index is 5.82. The third kappa shape index (κ3) is 3.44. The first-order chi connectivity index (χ1) is 12.7. The fraction of sp³-hybridized carbons (Fsp3) is 0.143. The Morgan fingerprint density at radius 1 is 0.923 bits per heavy atom. The van der Waals surface area contributed by atoms with Crippen molar-refractivity contribution in [1.82, 2.24) is 10.2 Å². The van der Waals surface area contributed by atoms with E-state index >= 15 is 0 Å². The highest BCUT2D eigenvalue weighted by Crippen LogP contribution is 2.36. The van der Waals surface area contributed by atoms with E-state index in [9.17, 15) is 0 Å². The molecule has 5 heteroatoms. The fourth-order valence-corrected chi connectivity index (χ4v) is 3.59. The summed E-state index contributed by atoms with van der Waals surface area (Å²) in [6, 6.07) is 22.5. The van der Waals surface area contributed by atoms with Gasteiger partial charge in [-0.3, -0.25) is 0 Å². The van der Waals surface area contributed by atoms with Crippen LogP contribution in [0.2, 0.25) is 0 Å². The first-order valence-corrected chi connectivity index (χ1v) is 9.24. The molecule has 0 N–H and O–H groups in total. The molecule has 1 aromatic heterocycles. The lowest BCUT2D eigenvalue weighted by Gasteiger charge is -2.10. The summed E-state index contributed by atoms with van der Waals surface area (Å²) in [6.07, 6.45) is 0. The van der Waals surface area contributed by atoms with Gasteiger partial charge in [-0.2, -0.15) is 0 Å². The van der Waals surface area contributed by atoms with Gasteiger partial charge in [0.2, 0.25) is 5.89 Å². The Bertz CT molecular complexity index is 1030. The largest absolute Gasteiger partial charge is 0.497 e. The fourth-order valence-electron chi connectivity index (χ4n) is 2.79. The first-order valence-electron chi connectivity index (χ1n) is 8.36. The van der Waals surface area contributed by atoms with Crippen molar-refractivity contribution in [1.29, 1.82) is 0 Å². The Balaban J connectivity index is 1.52. The van der Waals surface area contributed by atoms with Crippen LogP contribution in [0.5, 0.6) is 5.75 Å². The van der Waals surface area contributed by atoms with Crippen LogP contribution in [0.1, 0.15) is 17.7 Å². The number of aromatic nitrogens is 2. The number of rotatable bonds is 5. The van der Waals surface area contributed by atoms with Crippen molar-refractivity contribution >= 4 is 22.5 Å². The van der Waals surface area contributed by atoms with Gasteiger partial charge in [-0.25, -0.2) is 0 Å². The molecule has 0 bridgehead atoms. The number of methoxy groups -OCH3 is 1. The van der Waals surface area contributed by atoms with Crippen LogP contribution < -0.4 is 4.74 Å². The number of ether oxygens (including phenoxy) is 1. The lowest BCUT2D eigenvalue weighted by molar-refractivity contribution is 0.414. The normalized spacial score (nSPS) is 12.2. The molecule has 3 aromatic carbocycles. The summed E-state index contributed by atoms with van der Waals surface area (Å²) in [5.41, 5.74) is 2.11. The zero-order valence-corrected chi connectivity index (χ0v) is 15.4. The summed E-state index contributed by atoms with van der Waals surface area (Å²) in [7, 11) is 1.64. The second kappa shape index (κ2) is 7.22. The minimum atomic E-state index is 0.212. The smallest absolute Gasteiger partial charge is 0.277 e. The second-order valence-electron chi connectivity index (χ2n) is 5.97. The average molecular weight is 362 g/mol. The van der Waals surface area contributed by atoms with Crippen molar-refractivity contribution in [3.05, 3.63) is 72.3 Å². The van der Waals surface area contributed by atoms with E-state index in [-0.39, 0.29) is 5.25 Å². The quantitative estimate of drug-likeness (QED) is 0.423. The molecule has 26 heavy (non-hydrogen) atoms. The van der Waals surface area contributed by atoms with Crippen LogP contribution in [0.25, 0.3) is 22.2 Å². The molecular formula is C21H18N2O2S. The van der Waals surface area contributed by atoms with Crippen molar-refractivity contribution < 1.29 is 9.15 Å². The lowest BCUT2D eigenvalue weighted by Crippen LogP contribution is -1.88. The van der Waals surface area contributed by atoms with E-state index in [1.54, 1.807) is 18.9 Å². The van der Waals surface area contributed by atoms with Gasteiger partial charge in [-0.1, -0.05) is 54.2 Å². The molecule has 1 unspecified atom stereocenters. The first kappa shape index (κ1) is 16.7. The molecule has 0 saturated heterocycles. The molecule has 0 radical (unpaired) electrons. The number of nitrogens with zero attached hydrogens (tertiary/aromatic N) is 2. The maximum atomic E-state index is 5.82. The van der Waals surface area contributed by atoms with Crippen LogP contribution in [0.3, 0.4) is 0 Å². The molecule has 0 aliphatic rings. The van der Waals surface area contributed by atoms with Crippen LogP contribution in [0.4, 0.5) is 0 Å². The highest BCUT2D eigenvalue weighted by Gasteiger charge is 2.14. The van der Waals surface area contributed by atoms with E-state index in [4.69, 9.17) is 9.15 Å². The van der Waals surface area contributed by atoms with E-state index in [0.29, 0.717) is 11.1 Å². The Morgan fingerprint density at radius 3 is 2.46 bits per heavy atom. The van der Waals surface area contributed by atoms with Crippen LogP contribution in [-0.2, 0) is 0 Å². The second-order valence-corrected chi connectivity index (χ2v) is 7.26. The summed E-state index contributed by atoms with van der Waals surface area (Å²) in [5, 5.41) is 11.6. The van der Waals surface area contributed by atoms with Gasteiger partial charge in [0.15, 0.2) is 0 Å². The highest BCUT2D eigenvalue weighted by atomic mass is 32.2. The minimum Gasteiger partial charge on any atom is -0.497 e. The van der Waals surface area contributed by atoms with Crippen molar-refractivity contribution in [2.24, 2.45) is 0 Å². The van der Waals surface area contributed by atoms with Crippen molar-refractivity contribution in [2.45, 2.75) is 17.4 Å². The molecule has 4 aromatic rings. The van der Waals surface area contributed by atoms with E-state index in [1.807, 2.05) is 24.3 Å². The maximum Gasteiger partial charge on any atom is 0.277 e. The van der Waals surface area contributed by atoms with E-state index in [0.717, 1.165) is 11.3 Å². The Hall–Kier alpha value is -2.79. The Kier molecular flexibility index (Phi) is 4.63. The highest BCUT2D eigenvalue weighted by molar-refractivity contribution is 7.99. The van der Waals surface area contributed by atoms with Gasteiger partial charge in [-0.05, 0) is 47.5 Å². The zero-order chi connectivity index (χ0) is 17.9. The summed E-state index contributed by atoms with van der Waals surface area (Å²) >= 11 is 1.56. The van der Waals surface area contributed by atoms with Crippen molar-refractivity contribution in [3.63, 3.8) is 0 Å². The summed E-state index contributed by atoms with van der Waals surface area (Å²) in [6.45, 7) is 2.14. The minimum absolute atomic E-state index is 0.212. The molecule has 0 saturated carbocycles. The van der Waals surface area contributed by atoms with Crippen LogP contribution in [0, 0.1) is 0 Å². The van der Waals surface area contributed by atoms with E-state index < -0.39 is 0 Å². The van der Waals surface area contributed by atoms with Crippen molar-refractivity contribution in [2.75, 3.05) is 7.11 Å². The van der Waals surface area contributed by atoms with Gasteiger partial charge in [0.25, 0.3) is 5.22 Å². The third-order valence-corrected chi connectivity index (χ3v) is 5.26. The Labute approximate surface area is 156 Å². The van der Waals surface area contributed by atoms with Gasteiger partial charge < -0.3 is 9.15 Å². The lowest BCUT2D eigenvalue weighted by atomic mass is 10.1. The molecular weight excluding hydrogens is 344 g/mol. The molecule has 0 fully saturated rings. The third-order valence-electron chi connectivity index (χ3n) is 4.26. The molecule has 1 atom stereocenters. The standard InChI is InChI=1S/C21H18N2O2S/c1-14(17-8-7-15-5-3-4-6-18(15)13-17)26-21-23-22-20(25-21)16-9-11-19(24-2)12-10-16/h3-14H,1-2H3. The zero-order valence-electron chi connectivity index (χ0n) is 14.5. The summed E-state index contributed by atoms with van der Waals surface area (Å²) < 4.78 is 11.0. The Morgan fingerprint density at radius 2 is 1.69 bits per heavy atom. The average Bonchev–Trinajstić information content (AvgIpc) is 3.16. The number of thioether (sulfide) groups is 1. The van der Waals surface area contributed by atoms with Gasteiger partial charge in [0, 0.05) is 10.8 Å². The summed E-state index contributed by atoms with van der Waals surface area (Å²) in [4.78, 5) is 0. The van der Waals surface area contributed by atoms with Crippen LogP contribution in [-0.4, -0.2) is 17.3 Å². The molecule has 0 aliphatic heterocycles. The molecule has 1 heterocycles. The molecule has 4 nitrogen and oxygen atoms in total. The summed E-state index contributed by atoms with van der Waals surface area (Å²) in [5.74, 6) is 1.31. The number of hydrogen-bond acceptors (Lipinski definition) is 5. The van der Waals surface area contributed by atoms with Crippen molar-refractivity contribution in [3.8, 4) is 17.2 Å². The predicted molar refractivity (Wildman–Crippen MR) is 105 cm³/mol. The van der Waals surface area contributed by atoms with E-state index in [2.05, 4.69) is 59.6 Å².